The van der Waals surface area contributed by atoms with Crippen molar-refractivity contribution in [1.29, 1.82) is 0 Å². The molecule has 4 unspecified atom stereocenters. The van der Waals surface area contributed by atoms with Crippen LogP contribution < -0.4 is 0 Å². The van der Waals surface area contributed by atoms with Crippen LogP contribution in [-0.4, -0.2) is 23.7 Å². The molecule has 0 amide bonds. The minimum Gasteiger partial charge on any atom is -0.377 e. The highest BCUT2D eigenvalue weighted by atomic mass is 32.2. The Morgan fingerprint density at radius 2 is 1.91 bits per heavy atom. The van der Waals surface area contributed by atoms with Gasteiger partial charge in [0.2, 0.25) is 0 Å². The van der Waals surface area contributed by atoms with Crippen LogP contribution in [0, 0.1) is 23.7 Å². The molecule has 1 fully saturated rings. The van der Waals surface area contributed by atoms with E-state index in [2.05, 4.69) is 52.5 Å². The van der Waals surface area contributed by atoms with E-state index in [1.165, 1.54) is 44.3 Å². The first-order valence-electron chi connectivity index (χ1n) is 9.89. The zero-order valence-corrected chi connectivity index (χ0v) is 16.8. The molecule has 2 heteroatoms. The number of ether oxygens (including phenoxy) is 1. The van der Waals surface area contributed by atoms with Gasteiger partial charge in [-0.05, 0) is 67.9 Å². The average Bonchev–Trinajstić information content (AvgIpc) is 2.55. The highest BCUT2D eigenvalue weighted by molar-refractivity contribution is 7.99. The topological polar surface area (TPSA) is 9.23 Å². The van der Waals surface area contributed by atoms with Crippen LogP contribution in [0.2, 0.25) is 0 Å². The van der Waals surface area contributed by atoms with Crippen LogP contribution in [0.5, 0.6) is 0 Å². The zero-order chi connectivity index (χ0) is 16.8. The summed E-state index contributed by atoms with van der Waals surface area (Å²) in [6, 6.07) is 0. The highest BCUT2D eigenvalue weighted by Gasteiger charge is 2.25. The number of allylic oxidation sites excluding steroid dienone is 2. The standard InChI is InChI=1S/C21H38OS/c1-15(2)18-6-8-19(9-7-18)17(5)12-13-23-20-10-11-21(16(3)4)22-14-20/h6,15-17,19-21H,7-14H2,1-5H3. The normalized spacial score (nSPS) is 30.6. The molecule has 0 N–H and O–H groups in total. The summed E-state index contributed by atoms with van der Waals surface area (Å²) in [4.78, 5) is 0. The Balaban J connectivity index is 1.62. The summed E-state index contributed by atoms with van der Waals surface area (Å²) < 4.78 is 6.03. The maximum absolute atomic E-state index is 6.03. The zero-order valence-electron chi connectivity index (χ0n) is 16.0. The Hall–Kier alpha value is 0.0500. The van der Waals surface area contributed by atoms with Crippen LogP contribution in [0.25, 0.3) is 0 Å². The second-order valence-electron chi connectivity index (χ2n) is 8.42. The monoisotopic (exact) mass is 338 g/mol. The van der Waals surface area contributed by atoms with Gasteiger partial charge in [-0.2, -0.15) is 11.8 Å². The van der Waals surface area contributed by atoms with Gasteiger partial charge >= 0.3 is 0 Å². The Morgan fingerprint density at radius 3 is 2.43 bits per heavy atom. The molecule has 1 saturated heterocycles. The molecule has 0 bridgehead atoms. The van der Waals surface area contributed by atoms with Crippen molar-refractivity contribution in [3.8, 4) is 0 Å². The molecule has 134 valence electrons. The molecular weight excluding hydrogens is 300 g/mol. The van der Waals surface area contributed by atoms with E-state index >= 15 is 0 Å². The van der Waals surface area contributed by atoms with E-state index in [1.54, 1.807) is 5.57 Å². The molecule has 2 aliphatic rings. The summed E-state index contributed by atoms with van der Waals surface area (Å²) in [5, 5.41) is 0.746. The van der Waals surface area contributed by atoms with Crippen molar-refractivity contribution >= 4 is 11.8 Å². The largest absolute Gasteiger partial charge is 0.377 e. The summed E-state index contributed by atoms with van der Waals surface area (Å²) in [7, 11) is 0. The lowest BCUT2D eigenvalue weighted by atomic mass is 9.78. The summed E-state index contributed by atoms with van der Waals surface area (Å²) in [6.45, 7) is 12.7. The molecule has 0 radical (unpaired) electrons. The van der Waals surface area contributed by atoms with Crippen molar-refractivity contribution < 1.29 is 4.74 Å². The first kappa shape index (κ1) is 19.4. The molecule has 0 aromatic heterocycles. The predicted octanol–water partition coefficient (Wildman–Crippen LogP) is 6.33. The molecule has 0 spiro atoms. The van der Waals surface area contributed by atoms with Gasteiger partial charge in [0.1, 0.15) is 0 Å². The first-order chi connectivity index (χ1) is 11.0. The smallest absolute Gasteiger partial charge is 0.0599 e. The molecule has 1 heterocycles. The van der Waals surface area contributed by atoms with Gasteiger partial charge in [0.15, 0.2) is 0 Å². The van der Waals surface area contributed by atoms with Crippen molar-refractivity contribution in [2.75, 3.05) is 12.4 Å². The molecular formula is C21H38OS. The van der Waals surface area contributed by atoms with Gasteiger partial charge in [-0.3, -0.25) is 0 Å². The van der Waals surface area contributed by atoms with E-state index in [4.69, 9.17) is 4.74 Å². The van der Waals surface area contributed by atoms with Gasteiger partial charge in [0.25, 0.3) is 0 Å². The lowest BCUT2D eigenvalue weighted by Gasteiger charge is -2.32. The molecule has 1 nitrogen and oxygen atoms in total. The summed E-state index contributed by atoms with van der Waals surface area (Å²) in [6.07, 6.45) is 11.1. The number of hydrogen-bond donors (Lipinski definition) is 0. The average molecular weight is 339 g/mol. The van der Waals surface area contributed by atoms with Gasteiger partial charge in [-0.25, -0.2) is 0 Å². The molecule has 0 aromatic carbocycles. The number of rotatable bonds is 7. The minimum absolute atomic E-state index is 0.509. The van der Waals surface area contributed by atoms with E-state index < -0.39 is 0 Å². The Morgan fingerprint density at radius 1 is 1.13 bits per heavy atom. The van der Waals surface area contributed by atoms with Gasteiger partial charge in [0, 0.05) is 5.25 Å². The van der Waals surface area contributed by atoms with E-state index in [-0.39, 0.29) is 0 Å². The molecule has 1 aliphatic carbocycles. The van der Waals surface area contributed by atoms with Gasteiger partial charge < -0.3 is 4.74 Å². The summed E-state index contributed by atoms with van der Waals surface area (Å²) >= 11 is 2.17. The quantitative estimate of drug-likeness (QED) is 0.501. The van der Waals surface area contributed by atoms with Gasteiger partial charge in [-0.15, -0.1) is 0 Å². The van der Waals surface area contributed by atoms with Crippen molar-refractivity contribution in [2.24, 2.45) is 23.7 Å². The summed E-state index contributed by atoms with van der Waals surface area (Å²) in [5.41, 5.74) is 1.70. The van der Waals surface area contributed by atoms with Gasteiger partial charge in [-0.1, -0.05) is 46.3 Å². The third kappa shape index (κ3) is 6.12. The van der Waals surface area contributed by atoms with Crippen LogP contribution >= 0.6 is 11.8 Å². The maximum Gasteiger partial charge on any atom is 0.0599 e. The van der Waals surface area contributed by atoms with E-state index in [1.807, 2.05) is 0 Å². The molecule has 1 aliphatic heterocycles. The third-order valence-electron chi connectivity index (χ3n) is 5.97. The van der Waals surface area contributed by atoms with Crippen molar-refractivity contribution in [3.05, 3.63) is 11.6 Å². The van der Waals surface area contributed by atoms with E-state index in [0.717, 1.165) is 29.6 Å². The summed E-state index contributed by atoms with van der Waals surface area (Å²) in [5.74, 6) is 4.55. The number of thioether (sulfide) groups is 1. The lowest BCUT2D eigenvalue weighted by Crippen LogP contribution is -2.31. The third-order valence-corrected chi connectivity index (χ3v) is 7.29. The van der Waals surface area contributed by atoms with Crippen LogP contribution in [-0.2, 0) is 4.74 Å². The van der Waals surface area contributed by atoms with Crippen LogP contribution in [0.3, 0.4) is 0 Å². The molecule has 4 atom stereocenters. The fourth-order valence-electron chi connectivity index (χ4n) is 3.98. The molecule has 2 rings (SSSR count). The molecule has 0 saturated carbocycles. The Labute approximate surface area is 149 Å². The van der Waals surface area contributed by atoms with Gasteiger partial charge in [0.05, 0.1) is 12.7 Å². The van der Waals surface area contributed by atoms with Crippen molar-refractivity contribution in [3.63, 3.8) is 0 Å². The van der Waals surface area contributed by atoms with Crippen molar-refractivity contribution in [2.45, 2.75) is 84.5 Å². The second-order valence-corrected chi connectivity index (χ2v) is 9.83. The van der Waals surface area contributed by atoms with Crippen LogP contribution in [0.15, 0.2) is 11.6 Å². The van der Waals surface area contributed by atoms with Crippen LogP contribution in [0.1, 0.15) is 73.1 Å². The highest BCUT2D eigenvalue weighted by Crippen LogP contribution is 2.35. The fraction of sp³-hybridized carbons (Fsp3) is 0.905. The molecule has 23 heavy (non-hydrogen) atoms. The fourth-order valence-corrected chi connectivity index (χ4v) is 5.30. The molecule has 0 aromatic rings. The SMILES string of the molecule is CC(C)C1=CCC(C(C)CCSC2CCC(C(C)C)OC2)CC1. The van der Waals surface area contributed by atoms with Crippen LogP contribution in [0.4, 0.5) is 0 Å². The van der Waals surface area contributed by atoms with E-state index in [0.29, 0.717) is 12.0 Å². The minimum atomic E-state index is 0.509. The number of hydrogen-bond acceptors (Lipinski definition) is 2. The first-order valence-corrected chi connectivity index (χ1v) is 10.9. The Bertz CT molecular complexity index is 366. The predicted molar refractivity (Wildman–Crippen MR) is 104 cm³/mol. The van der Waals surface area contributed by atoms with E-state index in [9.17, 15) is 0 Å². The second kappa shape index (κ2) is 9.51. The lowest BCUT2D eigenvalue weighted by molar-refractivity contribution is -0.00824. The maximum atomic E-state index is 6.03. The Kier molecular flexibility index (Phi) is 8.01. The van der Waals surface area contributed by atoms with Crippen molar-refractivity contribution in [1.82, 2.24) is 0 Å².